The van der Waals surface area contributed by atoms with Gasteiger partial charge in [-0.05, 0) is 30.0 Å². The zero-order valence-corrected chi connectivity index (χ0v) is 15.7. The van der Waals surface area contributed by atoms with Crippen molar-refractivity contribution in [3.8, 4) is 0 Å². The summed E-state index contributed by atoms with van der Waals surface area (Å²) in [6, 6.07) is 6.97. The number of hydrogen-bond donors (Lipinski definition) is 0. The Morgan fingerprint density at radius 3 is 2.62 bits per heavy atom. The molecule has 0 spiro atoms. The number of benzene rings is 1. The average molecular weight is 358 g/mol. The molecule has 3 rings (SSSR count). The van der Waals surface area contributed by atoms with E-state index in [1.165, 1.54) is 12.1 Å². The molecule has 0 N–H and O–H groups in total. The smallest absolute Gasteiger partial charge is 0.272 e. The molecule has 6 heteroatoms. The van der Waals surface area contributed by atoms with E-state index in [9.17, 15) is 9.18 Å². The normalized spacial score (nSPS) is 19.0. The first kappa shape index (κ1) is 18.6. The van der Waals surface area contributed by atoms with Crippen LogP contribution in [0.2, 0.25) is 0 Å². The van der Waals surface area contributed by atoms with Gasteiger partial charge in [-0.2, -0.15) is 0 Å². The van der Waals surface area contributed by atoms with Gasteiger partial charge in [-0.3, -0.25) is 9.69 Å². The molecule has 1 unspecified atom stereocenters. The molecule has 0 saturated carbocycles. The molecular formula is C20H27FN4O. The summed E-state index contributed by atoms with van der Waals surface area (Å²) in [5, 5.41) is 0. The maximum atomic E-state index is 13.2. The Bertz CT molecular complexity index is 741. The van der Waals surface area contributed by atoms with E-state index in [-0.39, 0.29) is 17.8 Å². The molecule has 1 aromatic carbocycles. The second-order valence-corrected chi connectivity index (χ2v) is 7.40. The van der Waals surface area contributed by atoms with Crippen LogP contribution in [0.25, 0.3) is 0 Å². The van der Waals surface area contributed by atoms with Crippen molar-refractivity contribution in [1.82, 2.24) is 19.4 Å². The van der Waals surface area contributed by atoms with Gasteiger partial charge in [0.2, 0.25) is 0 Å². The number of hydrogen-bond acceptors (Lipinski definition) is 3. The number of aryl methyl sites for hydroxylation is 1. The summed E-state index contributed by atoms with van der Waals surface area (Å²) in [6.07, 6.45) is 4.22. The van der Waals surface area contributed by atoms with Crippen LogP contribution in [0.15, 0.2) is 36.8 Å². The first-order valence-electron chi connectivity index (χ1n) is 9.20. The molecule has 1 amide bonds. The van der Waals surface area contributed by atoms with Gasteiger partial charge in [0, 0.05) is 39.3 Å². The molecule has 2 heterocycles. The highest BCUT2D eigenvalue weighted by Gasteiger charge is 2.30. The summed E-state index contributed by atoms with van der Waals surface area (Å²) < 4.78 is 14.9. The Labute approximate surface area is 154 Å². The van der Waals surface area contributed by atoms with Gasteiger partial charge in [-0.25, -0.2) is 9.37 Å². The summed E-state index contributed by atoms with van der Waals surface area (Å²) >= 11 is 0. The fourth-order valence-corrected chi connectivity index (χ4v) is 3.63. The number of nitrogens with zero attached hydrogens (tertiary/aromatic N) is 4. The van der Waals surface area contributed by atoms with Crippen LogP contribution in [-0.2, 0) is 13.6 Å². The van der Waals surface area contributed by atoms with Gasteiger partial charge < -0.3 is 9.47 Å². The summed E-state index contributed by atoms with van der Waals surface area (Å²) in [6.45, 7) is 7.53. The topological polar surface area (TPSA) is 41.4 Å². The summed E-state index contributed by atoms with van der Waals surface area (Å²) in [4.78, 5) is 21.4. The molecule has 1 aliphatic rings. The van der Waals surface area contributed by atoms with Crippen LogP contribution in [0.1, 0.15) is 36.3 Å². The number of amides is 1. The number of halogens is 1. The Morgan fingerprint density at radius 2 is 2.00 bits per heavy atom. The third-order valence-electron chi connectivity index (χ3n) is 5.14. The highest BCUT2D eigenvalue weighted by molar-refractivity contribution is 5.92. The standard InChI is InChI=1S/C20H27FN4O/c1-15(2)19-13-25(20(26)18-11-22-14-23(18)3)10-4-9-24(19)12-16-5-7-17(21)8-6-16/h5-8,11,14-15,19H,4,9-10,12-13H2,1-3H3. The molecule has 1 aromatic heterocycles. The molecule has 1 fully saturated rings. The lowest BCUT2D eigenvalue weighted by Gasteiger charge is -2.34. The van der Waals surface area contributed by atoms with E-state index >= 15 is 0 Å². The summed E-state index contributed by atoms with van der Waals surface area (Å²) in [5.41, 5.74) is 1.72. The number of carbonyl (C=O) groups excluding carboxylic acids is 1. The lowest BCUT2D eigenvalue weighted by Crippen LogP contribution is -2.45. The minimum atomic E-state index is -0.210. The van der Waals surface area contributed by atoms with E-state index in [1.54, 1.807) is 17.1 Å². The van der Waals surface area contributed by atoms with Crippen LogP contribution < -0.4 is 0 Å². The molecule has 1 saturated heterocycles. The van der Waals surface area contributed by atoms with Gasteiger partial charge in [0.05, 0.1) is 12.5 Å². The fraction of sp³-hybridized carbons (Fsp3) is 0.500. The van der Waals surface area contributed by atoms with Gasteiger partial charge in [0.25, 0.3) is 5.91 Å². The van der Waals surface area contributed by atoms with E-state index in [2.05, 4.69) is 23.7 Å². The first-order valence-corrected chi connectivity index (χ1v) is 9.20. The maximum Gasteiger partial charge on any atom is 0.272 e. The minimum Gasteiger partial charge on any atom is -0.336 e. The molecule has 140 valence electrons. The highest BCUT2D eigenvalue weighted by Crippen LogP contribution is 2.21. The predicted molar refractivity (Wildman–Crippen MR) is 99.2 cm³/mol. The Kier molecular flexibility index (Phi) is 5.71. The second-order valence-electron chi connectivity index (χ2n) is 7.40. The highest BCUT2D eigenvalue weighted by atomic mass is 19.1. The SMILES string of the molecule is CC(C)C1CN(C(=O)c2cncn2C)CCCN1Cc1ccc(F)cc1. The van der Waals surface area contributed by atoms with Crippen molar-refractivity contribution >= 4 is 5.91 Å². The molecule has 5 nitrogen and oxygen atoms in total. The molecule has 0 radical (unpaired) electrons. The van der Waals surface area contributed by atoms with Crippen molar-refractivity contribution in [2.24, 2.45) is 13.0 Å². The molecular weight excluding hydrogens is 331 g/mol. The van der Waals surface area contributed by atoms with E-state index < -0.39 is 0 Å². The molecule has 0 bridgehead atoms. The van der Waals surface area contributed by atoms with Crippen molar-refractivity contribution in [3.63, 3.8) is 0 Å². The van der Waals surface area contributed by atoms with Crippen LogP contribution in [0.3, 0.4) is 0 Å². The second kappa shape index (κ2) is 7.99. The van der Waals surface area contributed by atoms with Crippen LogP contribution in [0, 0.1) is 11.7 Å². The van der Waals surface area contributed by atoms with Crippen molar-refractivity contribution in [2.75, 3.05) is 19.6 Å². The van der Waals surface area contributed by atoms with Crippen molar-refractivity contribution in [3.05, 3.63) is 53.9 Å². The zero-order valence-electron chi connectivity index (χ0n) is 15.7. The van der Waals surface area contributed by atoms with Crippen LogP contribution in [0.4, 0.5) is 4.39 Å². The van der Waals surface area contributed by atoms with E-state index in [0.717, 1.165) is 31.6 Å². The largest absolute Gasteiger partial charge is 0.336 e. The van der Waals surface area contributed by atoms with Gasteiger partial charge in [0.15, 0.2) is 0 Å². The van der Waals surface area contributed by atoms with Gasteiger partial charge in [0.1, 0.15) is 11.5 Å². The number of carbonyl (C=O) groups is 1. The van der Waals surface area contributed by atoms with Crippen LogP contribution in [-0.4, -0.2) is 50.9 Å². The lowest BCUT2D eigenvalue weighted by atomic mass is 10.0. The van der Waals surface area contributed by atoms with Gasteiger partial charge in [-0.1, -0.05) is 26.0 Å². The molecule has 0 aliphatic carbocycles. The van der Waals surface area contributed by atoms with Crippen molar-refractivity contribution in [2.45, 2.75) is 32.9 Å². The third kappa shape index (κ3) is 4.12. The minimum absolute atomic E-state index is 0.0410. The molecule has 1 atom stereocenters. The molecule has 1 aliphatic heterocycles. The van der Waals surface area contributed by atoms with E-state index in [1.807, 2.05) is 24.1 Å². The van der Waals surface area contributed by atoms with E-state index in [4.69, 9.17) is 0 Å². The monoisotopic (exact) mass is 358 g/mol. The van der Waals surface area contributed by atoms with Crippen LogP contribution >= 0.6 is 0 Å². The number of imidazole rings is 1. The predicted octanol–water partition coefficient (Wildman–Crippen LogP) is 2.93. The summed E-state index contributed by atoms with van der Waals surface area (Å²) in [7, 11) is 1.85. The van der Waals surface area contributed by atoms with Gasteiger partial charge in [-0.15, -0.1) is 0 Å². The van der Waals surface area contributed by atoms with E-state index in [0.29, 0.717) is 18.2 Å². The Hall–Kier alpha value is -2.21. The Balaban J connectivity index is 1.76. The van der Waals surface area contributed by atoms with Crippen molar-refractivity contribution in [1.29, 1.82) is 0 Å². The van der Waals surface area contributed by atoms with Gasteiger partial charge >= 0.3 is 0 Å². The van der Waals surface area contributed by atoms with Crippen LogP contribution in [0.5, 0.6) is 0 Å². The third-order valence-corrected chi connectivity index (χ3v) is 5.14. The Morgan fingerprint density at radius 1 is 1.27 bits per heavy atom. The maximum absolute atomic E-state index is 13.2. The van der Waals surface area contributed by atoms with Crippen molar-refractivity contribution < 1.29 is 9.18 Å². The molecule has 26 heavy (non-hydrogen) atoms. The zero-order chi connectivity index (χ0) is 18.7. The number of aromatic nitrogens is 2. The molecule has 2 aromatic rings. The lowest BCUT2D eigenvalue weighted by molar-refractivity contribution is 0.0693. The quantitative estimate of drug-likeness (QED) is 0.844. The fourth-order valence-electron chi connectivity index (χ4n) is 3.63. The first-order chi connectivity index (χ1) is 12.5. The number of rotatable bonds is 4. The average Bonchev–Trinajstić information content (AvgIpc) is 2.92. The summed E-state index contributed by atoms with van der Waals surface area (Å²) in [5.74, 6) is 0.243.